The molecule has 1 amide bonds. The van der Waals surface area contributed by atoms with E-state index in [-0.39, 0.29) is 18.2 Å². The Labute approximate surface area is 150 Å². The summed E-state index contributed by atoms with van der Waals surface area (Å²) in [5.74, 6) is -3.43. The molecule has 27 heavy (non-hydrogen) atoms. The average molecular weight is 403 g/mol. The Bertz CT molecular complexity index is 1050. The van der Waals surface area contributed by atoms with Crippen LogP contribution in [-0.2, 0) is 20.4 Å². The Hall–Kier alpha value is -2.66. The smallest absolute Gasteiger partial charge is 0.426 e. The standard InChI is InChI=1S/C16H12F3NO6S/c1-15(23,16(17,18)19)14(22)20-9-3-2-4-11-12(9)13(21)8-5-6-26-10(8)7-27(11,24)25/h2-6,23H,7H2,1H3,(H,20,22). The average Bonchev–Trinajstić information content (AvgIpc) is 2.97. The van der Waals surface area contributed by atoms with Gasteiger partial charge in [-0.05, 0) is 25.1 Å². The zero-order chi connectivity index (χ0) is 20.2. The van der Waals surface area contributed by atoms with E-state index in [4.69, 9.17) is 4.42 Å². The number of nitrogens with one attached hydrogen (secondary N) is 1. The number of hydrogen-bond acceptors (Lipinski definition) is 6. The van der Waals surface area contributed by atoms with E-state index in [1.807, 2.05) is 5.32 Å². The molecule has 0 bridgehead atoms. The van der Waals surface area contributed by atoms with Crippen molar-refractivity contribution < 1.29 is 40.7 Å². The van der Waals surface area contributed by atoms with Crippen LogP contribution < -0.4 is 5.32 Å². The number of alkyl halides is 3. The molecule has 1 aromatic heterocycles. The maximum Gasteiger partial charge on any atom is 0.426 e. The number of halogens is 3. The van der Waals surface area contributed by atoms with E-state index in [0.29, 0.717) is 0 Å². The molecule has 144 valence electrons. The van der Waals surface area contributed by atoms with Crippen molar-refractivity contribution in [3.05, 3.63) is 47.4 Å². The highest BCUT2D eigenvalue weighted by Gasteiger charge is 2.56. The third kappa shape index (κ3) is 3.02. The molecule has 11 heteroatoms. The number of amides is 1. The van der Waals surface area contributed by atoms with Crippen molar-refractivity contribution in [1.82, 2.24) is 0 Å². The first-order valence-corrected chi connectivity index (χ1v) is 9.09. The Balaban J connectivity index is 2.15. The van der Waals surface area contributed by atoms with Gasteiger partial charge in [0.25, 0.3) is 5.91 Å². The van der Waals surface area contributed by atoms with Gasteiger partial charge in [0.05, 0.1) is 28.0 Å². The lowest BCUT2D eigenvalue weighted by molar-refractivity contribution is -0.242. The third-order valence-corrected chi connectivity index (χ3v) is 5.79. The van der Waals surface area contributed by atoms with Crippen LogP contribution in [0.1, 0.15) is 28.6 Å². The zero-order valence-corrected chi connectivity index (χ0v) is 14.4. The number of fused-ring (bicyclic) bond motifs is 2. The fourth-order valence-corrected chi connectivity index (χ4v) is 4.06. The number of hydrogen-bond donors (Lipinski definition) is 2. The first-order chi connectivity index (χ1) is 12.4. The molecule has 1 atom stereocenters. The molecule has 7 nitrogen and oxygen atoms in total. The predicted octanol–water partition coefficient (Wildman–Crippen LogP) is 2.05. The van der Waals surface area contributed by atoms with Gasteiger partial charge in [-0.1, -0.05) is 6.07 Å². The van der Waals surface area contributed by atoms with Crippen LogP contribution in [0.2, 0.25) is 0 Å². The summed E-state index contributed by atoms with van der Waals surface area (Å²) in [6.45, 7) is 0.247. The minimum atomic E-state index is -5.28. The Kier molecular flexibility index (Phi) is 4.19. The number of ketones is 1. The summed E-state index contributed by atoms with van der Waals surface area (Å²) < 4.78 is 68.7. The van der Waals surface area contributed by atoms with E-state index in [1.165, 1.54) is 6.07 Å². The van der Waals surface area contributed by atoms with Crippen LogP contribution in [0.3, 0.4) is 0 Å². The molecule has 1 aliphatic heterocycles. The predicted molar refractivity (Wildman–Crippen MR) is 84.8 cm³/mol. The number of carbonyl (C=O) groups is 2. The van der Waals surface area contributed by atoms with Gasteiger partial charge in [0, 0.05) is 0 Å². The van der Waals surface area contributed by atoms with Gasteiger partial charge in [0.15, 0.2) is 15.6 Å². The van der Waals surface area contributed by atoms with Crippen LogP contribution >= 0.6 is 0 Å². The fourth-order valence-electron chi connectivity index (χ4n) is 2.54. The van der Waals surface area contributed by atoms with Gasteiger partial charge in [-0.25, -0.2) is 8.42 Å². The lowest BCUT2D eigenvalue weighted by Crippen LogP contribution is -2.52. The number of carbonyl (C=O) groups excluding carboxylic acids is 2. The largest absolute Gasteiger partial charge is 0.467 e. The van der Waals surface area contributed by atoms with Crippen molar-refractivity contribution in [3.63, 3.8) is 0 Å². The summed E-state index contributed by atoms with van der Waals surface area (Å²) >= 11 is 0. The van der Waals surface area contributed by atoms with Crippen LogP contribution in [0, 0.1) is 0 Å². The van der Waals surface area contributed by atoms with Crippen molar-refractivity contribution in [2.24, 2.45) is 0 Å². The summed E-state index contributed by atoms with van der Waals surface area (Å²) in [6, 6.07) is 4.56. The molecule has 0 spiro atoms. The maximum atomic E-state index is 12.9. The normalized spacial score (nSPS) is 18.0. The van der Waals surface area contributed by atoms with Crippen molar-refractivity contribution in [2.45, 2.75) is 29.3 Å². The number of aliphatic hydroxyl groups is 1. The Morgan fingerprint density at radius 3 is 2.56 bits per heavy atom. The van der Waals surface area contributed by atoms with Crippen molar-refractivity contribution in [2.75, 3.05) is 5.32 Å². The Morgan fingerprint density at radius 2 is 1.93 bits per heavy atom. The molecule has 0 aliphatic carbocycles. The molecule has 2 heterocycles. The summed E-state index contributed by atoms with van der Waals surface area (Å²) in [5.41, 5.74) is -4.79. The zero-order valence-electron chi connectivity index (χ0n) is 13.6. The van der Waals surface area contributed by atoms with Gasteiger partial charge in [-0.15, -0.1) is 0 Å². The number of benzene rings is 1. The summed E-state index contributed by atoms with van der Waals surface area (Å²) in [4.78, 5) is 24.3. The highest BCUT2D eigenvalue weighted by molar-refractivity contribution is 7.90. The molecule has 0 saturated carbocycles. The van der Waals surface area contributed by atoms with E-state index >= 15 is 0 Å². The molecule has 0 radical (unpaired) electrons. The van der Waals surface area contributed by atoms with Gasteiger partial charge < -0.3 is 14.8 Å². The lowest BCUT2D eigenvalue weighted by Gasteiger charge is -2.25. The van der Waals surface area contributed by atoms with Gasteiger partial charge in [-0.2, -0.15) is 13.2 Å². The molecule has 2 aromatic rings. The molecular formula is C16H12F3NO6S. The summed E-state index contributed by atoms with van der Waals surface area (Å²) in [7, 11) is -4.07. The van der Waals surface area contributed by atoms with Crippen LogP contribution in [0.5, 0.6) is 0 Å². The van der Waals surface area contributed by atoms with Crippen LogP contribution in [0.25, 0.3) is 0 Å². The monoisotopic (exact) mass is 403 g/mol. The second-order valence-electron chi connectivity index (χ2n) is 6.05. The molecule has 3 rings (SSSR count). The van der Waals surface area contributed by atoms with Crippen molar-refractivity contribution >= 4 is 27.2 Å². The number of rotatable bonds is 2. The quantitative estimate of drug-likeness (QED) is 0.794. The van der Waals surface area contributed by atoms with Crippen molar-refractivity contribution in [3.8, 4) is 0 Å². The number of anilines is 1. The fraction of sp³-hybridized carbons (Fsp3) is 0.250. The number of furan rings is 1. The lowest BCUT2D eigenvalue weighted by atomic mass is 10.0. The van der Waals surface area contributed by atoms with Crippen LogP contribution in [0.4, 0.5) is 18.9 Å². The first kappa shape index (κ1) is 19.1. The molecule has 0 saturated heterocycles. The van der Waals surface area contributed by atoms with Crippen molar-refractivity contribution in [1.29, 1.82) is 0 Å². The molecule has 0 fully saturated rings. The Morgan fingerprint density at radius 1 is 1.26 bits per heavy atom. The molecule has 1 aliphatic rings. The van der Waals surface area contributed by atoms with E-state index < -0.39 is 55.2 Å². The second kappa shape index (κ2) is 5.92. The van der Waals surface area contributed by atoms with Gasteiger partial charge in [0.2, 0.25) is 5.60 Å². The number of sulfone groups is 1. The van der Waals surface area contributed by atoms with Gasteiger partial charge >= 0.3 is 6.18 Å². The van der Waals surface area contributed by atoms with Gasteiger partial charge in [0.1, 0.15) is 11.5 Å². The second-order valence-corrected chi connectivity index (χ2v) is 8.01. The summed E-state index contributed by atoms with van der Waals surface area (Å²) in [5, 5.41) is 11.3. The van der Waals surface area contributed by atoms with E-state index in [2.05, 4.69) is 0 Å². The SMILES string of the molecule is CC(O)(C(=O)Nc1cccc2c1C(=O)c1ccoc1CS2(=O)=O)C(F)(F)F. The third-order valence-electron chi connectivity index (χ3n) is 4.14. The van der Waals surface area contributed by atoms with Gasteiger partial charge in [-0.3, -0.25) is 9.59 Å². The molecular weight excluding hydrogens is 391 g/mol. The maximum absolute atomic E-state index is 12.9. The molecule has 1 unspecified atom stereocenters. The van der Waals surface area contributed by atoms with Crippen LogP contribution in [0.15, 0.2) is 39.8 Å². The van der Waals surface area contributed by atoms with E-state index in [9.17, 15) is 36.3 Å². The van der Waals surface area contributed by atoms with E-state index in [1.54, 1.807) is 0 Å². The highest BCUT2D eigenvalue weighted by Crippen LogP contribution is 2.36. The first-order valence-electron chi connectivity index (χ1n) is 7.43. The van der Waals surface area contributed by atoms with Crippen LogP contribution in [-0.4, -0.2) is 37.0 Å². The minimum Gasteiger partial charge on any atom is -0.467 e. The van der Waals surface area contributed by atoms with E-state index in [0.717, 1.165) is 24.5 Å². The highest BCUT2D eigenvalue weighted by atomic mass is 32.2. The summed E-state index contributed by atoms with van der Waals surface area (Å²) in [6.07, 6.45) is -4.17. The molecule has 1 aromatic carbocycles. The minimum absolute atomic E-state index is 0.0818. The topological polar surface area (TPSA) is 114 Å². The molecule has 2 N–H and O–H groups in total.